The Morgan fingerprint density at radius 3 is 1.39 bits per heavy atom. The minimum Gasteiger partial charge on any atom is -0.677 e. The van der Waals surface area contributed by atoms with Crippen LogP contribution in [-0.2, 0) is 25.8 Å². The summed E-state index contributed by atoms with van der Waals surface area (Å²) in [6.45, 7) is 16.0. The number of benzene rings is 2. The van der Waals surface area contributed by atoms with Gasteiger partial charge in [0, 0.05) is 35.4 Å². The van der Waals surface area contributed by atoms with Gasteiger partial charge in [-0.2, -0.15) is 17.7 Å². The van der Waals surface area contributed by atoms with Gasteiger partial charge in [0.1, 0.15) is 0 Å². The third-order valence-corrected chi connectivity index (χ3v) is 6.15. The fourth-order valence-corrected chi connectivity index (χ4v) is 3.68. The van der Waals surface area contributed by atoms with Crippen LogP contribution in [0.15, 0.2) is 77.4 Å². The third kappa shape index (κ3) is 18.2. The van der Waals surface area contributed by atoms with Crippen LogP contribution in [0.1, 0.15) is 86.0 Å². The first-order chi connectivity index (χ1) is 16.9. The van der Waals surface area contributed by atoms with Crippen LogP contribution in [0.25, 0.3) is 16.9 Å². The van der Waals surface area contributed by atoms with Crippen molar-refractivity contribution in [3.8, 4) is 11.1 Å². The van der Waals surface area contributed by atoms with E-state index >= 15 is 0 Å². The molecule has 1 aliphatic rings. The SMILES string of the molecule is CC1=[C-]C(C)C(C)=C1C.CCCCCCCCCC[NH-].C[SiH]C.[Hf].c1ccc(-c2ccccc2)cc1. The summed E-state index contributed by atoms with van der Waals surface area (Å²) in [5, 5.41) is 0. The number of hydrogen-bond donors (Lipinski definition) is 0. The standard InChI is InChI=1S/C12H10.C10H22N.C9H13.C2H7Si.Hf/c1-3-7-11(8-4-1)12-9-5-2-6-10-12;1-2-3-4-5-6-7-8-9-10-11;1-6-5-7(2)9(4)8(6)3;1-3-2;/h1-10H;11H,2-10H2,1H3;6H,1-4H3;3H,1-2H3;/q;2*-1;;. The van der Waals surface area contributed by atoms with Crippen LogP contribution in [0.2, 0.25) is 13.1 Å². The van der Waals surface area contributed by atoms with E-state index in [9.17, 15) is 0 Å². The van der Waals surface area contributed by atoms with Crippen molar-refractivity contribution >= 4 is 9.52 Å². The molecular formula is C33H52HfNSi-2. The molecule has 3 rings (SSSR count). The maximum atomic E-state index is 6.95. The van der Waals surface area contributed by atoms with Gasteiger partial charge in [-0.25, -0.2) is 5.57 Å². The Labute approximate surface area is 246 Å². The van der Waals surface area contributed by atoms with Crippen LogP contribution >= 0.6 is 0 Å². The van der Waals surface area contributed by atoms with Gasteiger partial charge in [-0.3, -0.25) is 6.08 Å². The summed E-state index contributed by atoms with van der Waals surface area (Å²) in [6, 6.07) is 20.8. The molecule has 0 aliphatic heterocycles. The molecule has 1 N–H and O–H groups in total. The van der Waals surface area contributed by atoms with Crippen LogP contribution in [0.4, 0.5) is 0 Å². The molecule has 0 heterocycles. The monoisotopic (exact) mass is 670 g/mol. The van der Waals surface area contributed by atoms with E-state index < -0.39 is 0 Å². The van der Waals surface area contributed by atoms with Gasteiger partial charge < -0.3 is 5.73 Å². The maximum absolute atomic E-state index is 6.95. The molecule has 0 fully saturated rings. The molecular weight excluding hydrogens is 617 g/mol. The molecule has 1 nitrogen and oxygen atoms in total. The van der Waals surface area contributed by atoms with Crippen LogP contribution in [-0.4, -0.2) is 16.1 Å². The van der Waals surface area contributed by atoms with Crippen molar-refractivity contribution in [2.45, 2.75) is 99.1 Å². The summed E-state index contributed by atoms with van der Waals surface area (Å²) in [5.74, 6) is 0.560. The molecule has 1 atom stereocenters. The van der Waals surface area contributed by atoms with E-state index in [-0.39, 0.29) is 25.8 Å². The van der Waals surface area contributed by atoms with Gasteiger partial charge in [0.2, 0.25) is 0 Å². The van der Waals surface area contributed by atoms with Crippen molar-refractivity contribution in [1.82, 2.24) is 0 Å². The minimum absolute atomic E-state index is 0. The Morgan fingerprint density at radius 1 is 0.722 bits per heavy atom. The van der Waals surface area contributed by atoms with Gasteiger partial charge >= 0.3 is 0 Å². The van der Waals surface area contributed by atoms with Crippen LogP contribution < -0.4 is 0 Å². The molecule has 36 heavy (non-hydrogen) atoms. The number of rotatable bonds is 9. The van der Waals surface area contributed by atoms with E-state index in [1.54, 1.807) is 0 Å². The molecule has 0 aromatic heterocycles. The first kappa shape index (κ1) is 37.1. The zero-order valence-corrected chi connectivity index (χ0v) is 29.0. The van der Waals surface area contributed by atoms with Crippen molar-refractivity contribution < 1.29 is 25.8 Å². The van der Waals surface area contributed by atoms with Crippen LogP contribution in [0, 0.1) is 12.0 Å². The number of nitrogens with one attached hydrogen (secondary N) is 1. The second-order valence-electron chi connectivity index (χ2n) is 9.33. The zero-order chi connectivity index (χ0) is 26.3. The number of unbranched alkanes of at least 4 members (excludes halogenated alkanes) is 7. The molecule has 2 aromatic carbocycles. The van der Waals surface area contributed by atoms with Gasteiger partial charge in [-0.05, 0) is 11.1 Å². The van der Waals surface area contributed by atoms with E-state index in [0.717, 1.165) is 15.9 Å². The van der Waals surface area contributed by atoms with E-state index in [0.29, 0.717) is 12.5 Å². The van der Waals surface area contributed by atoms with Crippen molar-refractivity contribution in [1.29, 1.82) is 0 Å². The smallest absolute Gasteiger partial charge is 0.0213 e. The fraction of sp³-hybridized carbons (Fsp3) is 0.515. The summed E-state index contributed by atoms with van der Waals surface area (Å²) >= 11 is 0. The predicted molar refractivity (Wildman–Crippen MR) is 163 cm³/mol. The third-order valence-electron chi connectivity index (χ3n) is 6.15. The summed E-state index contributed by atoms with van der Waals surface area (Å²) in [5.41, 5.74) is 13.7. The molecule has 0 saturated carbocycles. The quantitative estimate of drug-likeness (QED) is 0.144. The van der Waals surface area contributed by atoms with Crippen molar-refractivity contribution in [3.05, 3.63) is 89.2 Å². The van der Waals surface area contributed by atoms with Crippen molar-refractivity contribution in [3.63, 3.8) is 0 Å². The first-order valence-electron chi connectivity index (χ1n) is 13.7. The molecule has 1 aliphatic carbocycles. The molecule has 0 bridgehead atoms. The first-order valence-corrected chi connectivity index (χ1v) is 16.0. The Kier molecular flexibility index (Phi) is 26.4. The van der Waals surface area contributed by atoms with E-state index in [2.05, 4.69) is 102 Å². The summed E-state index contributed by atoms with van der Waals surface area (Å²) in [7, 11) is 0.750. The maximum Gasteiger partial charge on any atom is 0.0213 e. The molecule has 0 saturated heterocycles. The van der Waals surface area contributed by atoms with Gasteiger partial charge in [0.15, 0.2) is 0 Å². The zero-order valence-electron chi connectivity index (χ0n) is 24.3. The van der Waals surface area contributed by atoms with Crippen molar-refractivity contribution in [2.75, 3.05) is 6.54 Å². The Balaban J connectivity index is 0. The average Bonchev–Trinajstić information content (AvgIpc) is 3.11. The average molecular weight is 669 g/mol. The molecule has 2 aromatic rings. The summed E-state index contributed by atoms with van der Waals surface area (Å²) in [4.78, 5) is 0. The number of allylic oxidation sites excluding steroid dienone is 4. The van der Waals surface area contributed by atoms with Crippen molar-refractivity contribution in [2.24, 2.45) is 5.92 Å². The van der Waals surface area contributed by atoms with Crippen LogP contribution in [0.5, 0.6) is 0 Å². The minimum atomic E-state index is 0. The predicted octanol–water partition coefficient (Wildman–Crippen LogP) is 10.8. The topological polar surface area (TPSA) is 23.8 Å². The normalized spacial score (nSPS) is 13.7. The van der Waals surface area contributed by atoms with Crippen LogP contribution in [0.3, 0.4) is 0 Å². The van der Waals surface area contributed by atoms with E-state index in [1.165, 1.54) is 72.8 Å². The molecule has 0 spiro atoms. The second-order valence-corrected chi connectivity index (χ2v) is 10.5. The van der Waals surface area contributed by atoms with E-state index in [4.69, 9.17) is 5.73 Å². The van der Waals surface area contributed by atoms with Gasteiger partial charge in [0.25, 0.3) is 0 Å². The Bertz CT molecular complexity index is 753. The Hall–Kier alpha value is -1.03. The molecule has 199 valence electrons. The summed E-state index contributed by atoms with van der Waals surface area (Å²) in [6.07, 6.45) is 14.0. The fourth-order valence-electron chi connectivity index (χ4n) is 3.68. The molecule has 1 radical (unpaired) electrons. The van der Waals surface area contributed by atoms with Gasteiger partial charge in [-0.15, -0.1) is 6.92 Å². The van der Waals surface area contributed by atoms with Gasteiger partial charge in [-0.1, -0.05) is 159 Å². The molecule has 0 amide bonds. The summed E-state index contributed by atoms with van der Waals surface area (Å²) < 4.78 is 0. The van der Waals surface area contributed by atoms with E-state index in [1.807, 2.05) is 12.1 Å². The molecule has 1 unspecified atom stereocenters. The largest absolute Gasteiger partial charge is 0.677 e. The number of hydrogen-bond acceptors (Lipinski definition) is 0. The second kappa shape index (κ2) is 25.6. The Morgan fingerprint density at radius 2 is 1.11 bits per heavy atom. The van der Waals surface area contributed by atoms with Gasteiger partial charge in [0.05, 0.1) is 0 Å². The molecule has 3 heteroatoms.